The molecule has 21 heavy (non-hydrogen) atoms. The highest BCUT2D eigenvalue weighted by molar-refractivity contribution is 7.09. The second-order valence-electron chi connectivity index (χ2n) is 4.96. The second-order valence-corrected chi connectivity index (χ2v) is 5.90. The number of carboxylic acid groups (broad SMARTS) is 1. The number of rotatable bonds is 5. The molecule has 0 spiro atoms. The first-order chi connectivity index (χ1) is 10.2. The molecule has 1 N–H and O–H groups in total. The van der Waals surface area contributed by atoms with Crippen molar-refractivity contribution in [3.05, 3.63) is 52.1 Å². The molecule has 0 atom stereocenters. The highest BCUT2D eigenvalue weighted by Crippen LogP contribution is 2.22. The van der Waals surface area contributed by atoms with Crippen LogP contribution in [0.3, 0.4) is 0 Å². The van der Waals surface area contributed by atoms with Crippen LogP contribution in [0.2, 0.25) is 0 Å². The van der Waals surface area contributed by atoms with Gasteiger partial charge in [-0.15, -0.1) is 11.3 Å². The van der Waals surface area contributed by atoms with Crippen molar-refractivity contribution < 1.29 is 9.90 Å². The average molecular weight is 300 g/mol. The van der Waals surface area contributed by atoms with E-state index in [0.717, 1.165) is 34.4 Å². The minimum Gasteiger partial charge on any atom is -0.477 e. The summed E-state index contributed by atoms with van der Waals surface area (Å²) in [5.74, 6) is -0.907. The van der Waals surface area contributed by atoms with E-state index >= 15 is 0 Å². The first-order valence-electron chi connectivity index (χ1n) is 6.94. The third-order valence-electron chi connectivity index (χ3n) is 3.41. The molecule has 108 valence electrons. The maximum Gasteiger partial charge on any atom is 0.352 e. The van der Waals surface area contributed by atoms with Crippen molar-refractivity contribution in [2.45, 2.75) is 26.3 Å². The first kappa shape index (κ1) is 13.8. The maximum atomic E-state index is 11.5. The summed E-state index contributed by atoms with van der Waals surface area (Å²) >= 11 is 1.64. The molecule has 1 aromatic carbocycles. The van der Waals surface area contributed by atoms with E-state index in [1.54, 1.807) is 17.4 Å². The van der Waals surface area contributed by atoms with Gasteiger partial charge in [-0.3, -0.25) is 0 Å². The highest BCUT2D eigenvalue weighted by Gasteiger charge is 2.15. The Hall–Kier alpha value is -2.14. The van der Waals surface area contributed by atoms with Gasteiger partial charge in [-0.1, -0.05) is 25.1 Å². The maximum absolute atomic E-state index is 11.5. The number of hydrogen-bond donors (Lipinski definition) is 1. The number of carbonyl (C=O) groups is 1. The van der Waals surface area contributed by atoms with Crippen molar-refractivity contribution in [3.8, 4) is 0 Å². The van der Waals surface area contributed by atoms with Gasteiger partial charge in [0.25, 0.3) is 0 Å². The van der Waals surface area contributed by atoms with Crippen LogP contribution in [0, 0.1) is 0 Å². The van der Waals surface area contributed by atoms with Gasteiger partial charge in [0.15, 0.2) is 0 Å². The summed E-state index contributed by atoms with van der Waals surface area (Å²) in [4.78, 5) is 16.0. The Morgan fingerprint density at radius 2 is 2.19 bits per heavy atom. The van der Waals surface area contributed by atoms with Crippen LogP contribution in [-0.2, 0) is 13.0 Å². The van der Waals surface area contributed by atoms with Gasteiger partial charge in [-0.25, -0.2) is 9.78 Å². The molecule has 3 rings (SSSR count). The lowest BCUT2D eigenvalue weighted by atomic mass is 10.2. The van der Waals surface area contributed by atoms with Gasteiger partial charge < -0.3 is 9.67 Å². The Morgan fingerprint density at radius 3 is 2.95 bits per heavy atom. The molecule has 0 saturated heterocycles. The van der Waals surface area contributed by atoms with Gasteiger partial charge in [-0.05, 0) is 25.0 Å². The molecule has 5 heteroatoms. The van der Waals surface area contributed by atoms with Gasteiger partial charge in [-0.2, -0.15) is 0 Å². The quantitative estimate of drug-likeness (QED) is 0.780. The predicted octanol–water partition coefficient (Wildman–Crippen LogP) is 3.80. The van der Waals surface area contributed by atoms with Crippen LogP contribution < -0.4 is 0 Å². The SMILES string of the molecule is CCCc1nc(Cn2c(C(=O)O)cc3ccccc32)cs1. The van der Waals surface area contributed by atoms with E-state index in [1.165, 1.54) is 0 Å². The molecule has 0 amide bonds. The molecule has 0 aliphatic heterocycles. The third kappa shape index (κ3) is 2.69. The largest absolute Gasteiger partial charge is 0.477 e. The molecule has 4 nitrogen and oxygen atoms in total. The number of carboxylic acids is 1. The zero-order valence-electron chi connectivity index (χ0n) is 11.7. The molecular formula is C16H16N2O2S. The van der Waals surface area contributed by atoms with Gasteiger partial charge in [0.05, 0.1) is 17.2 Å². The number of aromatic nitrogens is 2. The van der Waals surface area contributed by atoms with E-state index in [9.17, 15) is 9.90 Å². The Kier molecular flexibility index (Phi) is 3.75. The standard InChI is InChI=1S/C16H16N2O2S/c1-2-5-15-17-12(10-21-15)9-18-13-7-4-3-6-11(13)8-14(18)16(19)20/h3-4,6-8,10H,2,5,9H2,1H3,(H,19,20). The summed E-state index contributed by atoms with van der Waals surface area (Å²) in [6.45, 7) is 2.62. The van der Waals surface area contributed by atoms with Gasteiger partial charge in [0.1, 0.15) is 5.69 Å². The molecule has 0 aliphatic carbocycles. The van der Waals surface area contributed by atoms with Crippen molar-refractivity contribution in [1.29, 1.82) is 0 Å². The molecule has 2 aromatic heterocycles. The van der Waals surface area contributed by atoms with Crippen LogP contribution in [-0.4, -0.2) is 20.6 Å². The molecular weight excluding hydrogens is 284 g/mol. The fourth-order valence-electron chi connectivity index (χ4n) is 2.47. The van der Waals surface area contributed by atoms with Gasteiger partial charge >= 0.3 is 5.97 Å². The van der Waals surface area contributed by atoms with E-state index < -0.39 is 5.97 Å². The minimum atomic E-state index is -0.907. The number of benzene rings is 1. The Bertz CT molecular complexity index is 789. The Labute approximate surface area is 126 Å². The van der Waals surface area contributed by atoms with E-state index in [4.69, 9.17) is 0 Å². The van der Waals surface area contributed by atoms with Crippen LogP contribution in [0.15, 0.2) is 35.7 Å². The number of thiazole rings is 1. The normalized spacial score (nSPS) is 11.1. The number of para-hydroxylation sites is 1. The Balaban J connectivity index is 2.01. The van der Waals surface area contributed by atoms with Crippen LogP contribution in [0.25, 0.3) is 10.9 Å². The summed E-state index contributed by atoms with van der Waals surface area (Å²) in [5, 5.41) is 13.5. The predicted molar refractivity (Wildman–Crippen MR) is 84.1 cm³/mol. The molecule has 0 radical (unpaired) electrons. The molecule has 0 saturated carbocycles. The zero-order valence-corrected chi connectivity index (χ0v) is 12.6. The summed E-state index contributed by atoms with van der Waals surface area (Å²) in [7, 11) is 0. The van der Waals surface area contributed by atoms with Crippen LogP contribution in [0.4, 0.5) is 0 Å². The smallest absolute Gasteiger partial charge is 0.352 e. The number of aryl methyl sites for hydroxylation is 1. The highest BCUT2D eigenvalue weighted by atomic mass is 32.1. The van der Waals surface area contributed by atoms with E-state index in [-0.39, 0.29) is 0 Å². The van der Waals surface area contributed by atoms with Crippen molar-refractivity contribution >= 4 is 28.2 Å². The molecule has 3 aromatic rings. The van der Waals surface area contributed by atoms with Gasteiger partial charge in [0, 0.05) is 16.3 Å². The number of aromatic carboxylic acids is 1. The van der Waals surface area contributed by atoms with Crippen LogP contribution in [0.5, 0.6) is 0 Å². The monoisotopic (exact) mass is 300 g/mol. The summed E-state index contributed by atoms with van der Waals surface area (Å²) in [5.41, 5.74) is 2.16. The van der Waals surface area contributed by atoms with Crippen molar-refractivity contribution in [3.63, 3.8) is 0 Å². The van der Waals surface area contributed by atoms with Gasteiger partial charge in [0.2, 0.25) is 0 Å². The summed E-state index contributed by atoms with van der Waals surface area (Å²) in [6, 6.07) is 9.44. The second kappa shape index (κ2) is 5.69. The summed E-state index contributed by atoms with van der Waals surface area (Å²) < 4.78 is 1.82. The fraction of sp³-hybridized carbons (Fsp3) is 0.250. The number of fused-ring (bicyclic) bond motifs is 1. The van der Waals surface area contributed by atoms with Crippen molar-refractivity contribution in [2.75, 3.05) is 0 Å². The lowest BCUT2D eigenvalue weighted by Gasteiger charge is -2.06. The van der Waals surface area contributed by atoms with Crippen LogP contribution in [0.1, 0.15) is 34.5 Å². The van der Waals surface area contributed by atoms with E-state index in [1.807, 2.05) is 34.2 Å². The Morgan fingerprint density at radius 1 is 1.38 bits per heavy atom. The first-order valence-corrected chi connectivity index (χ1v) is 7.82. The van der Waals surface area contributed by atoms with Crippen LogP contribution >= 0.6 is 11.3 Å². The molecule has 0 unspecified atom stereocenters. The molecule has 2 heterocycles. The fourth-order valence-corrected chi connectivity index (χ4v) is 3.36. The third-order valence-corrected chi connectivity index (χ3v) is 4.37. The lowest BCUT2D eigenvalue weighted by molar-refractivity contribution is 0.0686. The number of nitrogens with zero attached hydrogens (tertiary/aromatic N) is 2. The minimum absolute atomic E-state index is 0.307. The summed E-state index contributed by atoms with van der Waals surface area (Å²) in [6.07, 6.45) is 2.04. The molecule has 0 fully saturated rings. The topological polar surface area (TPSA) is 55.1 Å². The lowest BCUT2D eigenvalue weighted by Crippen LogP contribution is -2.09. The molecule has 0 aliphatic rings. The zero-order chi connectivity index (χ0) is 14.8. The molecule has 0 bridgehead atoms. The van der Waals surface area contributed by atoms with Crippen molar-refractivity contribution in [1.82, 2.24) is 9.55 Å². The average Bonchev–Trinajstić information content (AvgIpc) is 3.05. The number of hydrogen-bond acceptors (Lipinski definition) is 3. The van der Waals surface area contributed by atoms with E-state index in [0.29, 0.717) is 12.2 Å². The van der Waals surface area contributed by atoms with E-state index in [2.05, 4.69) is 11.9 Å². The van der Waals surface area contributed by atoms with Crippen molar-refractivity contribution in [2.24, 2.45) is 0 Å².